The average Bonchev–Trinajstić information content (AvgIpc) is 2.18. The maximum absolute atomic E-state index is 11.1. The molecule has 0 unspecified atom stereocenters. The number of ether oxygens (including phenoxy) is 1. The van der Waals surface area contributed by atoms with Crippen LogP contribution in [0, 0.1) is 0 Å². The Balaban J connectivity index is 2.99. The Labute approximate surface area is 121 Å². The van der Waals surface area contributed by atoms with Crippen LogP contribution in [0.25, 0.3) is 0 Å². The molecule has 0 aliphatic heterocycles. The number of sulfonamides is 1. The second-order valence-electron chi connectivity index (χ2n) is 3.74. The normalized spacial score (nSPS) is 12.4. The highest BCUT2D eigenvalue weighted by Gasteiger charge is 2.16. The predicted octanol–water partition coefficient (Wildman–Crippen LogP) is 1.06. The molecule has 0 spiro atoms. The van der Waals surface area contributed by atoms with E-state index >= 15 is 0 Å². The van der Waals surface area contributed by atoms with Crippen LogP contribution in [-0.2, 0) is 19.9 Å². The van der Waals surface area contributed by atoms with E-state index in [4.69, 9.17) is 33.1 Å². The molecule has 108 valence electrons. The van der Waals surface area contributed by atoms with Gasteiger partial charge in [-0.25, -0.2) is 22.0 Å². The third-order valence-corrected chi connectivity index (χ3v) is 4.36. The van der Waals surface area contributed by atoms with Crippen LogP contribution in [-0.4, -0.2) is 35.5 Å². The monoisotopic (exact) mass is 347 g/mol. The minimum Gasteiger partial charge on any atom is -0.489 e. The Kier molecular flexibility index (Phi) is 5.08. The Morgan fingerprint density at radius 1 is 1.16 bits per heavy atom. The number of nitrogens with two attached hydrogens (primary N) is 1. The number of primary sulfonamides is 1. The average molecular weight is 348 g/mol. The van der Waals surface area contributed by atoms with Gasteiger partial charge in [-0.1, -0.05) is 23.2 Å². The Hall–Kier alpha value is -0.540. The molecule has 0 aliphatic rings. The molecule has 10 heteroatoms. The molecule has 0 aromatic heterocycles. The fourth-order valence-corrected chi connectivity index (χ4v) is 2.81. The first-order valence-corrected chi connectivity index (χ1v) is 9.19. The summed E-state index contributed by atoms with van der Waals surface area (Å²) in [6, 6.07) is 2.16. The molecule has 2 N–H and O–H groups in total. The van der Waals surface area contributed by atoms with Gasteiger partial charge in [0.2, 0.25) is 10.0 Å². The summed E-state index contributed by atoms with van der Waals surface area (Å²) in [5.41, 5.74) is 0. The molecular formula is C9H11Cl2NO5S2. The third-order valence-electron chi connectivity index (χ3n) is 2.00. The van der Waals surface area contributed by atoms with Gasteiger partial charge in [-0.15, -0.1) is 0 Å². The van der Waals surface area contributed by atoms with Crippen molar-refractivity contribution in [3.63, 3.8) is 0 Å². The van der Waals surface area contributed by atoms with Crippen LogP contribution in [0.4, 0.5) is 0 Å². The number of rotatable bonds is 5. The fourth-order valence-electron chi connectivity index (χ4n) is 1.13. The number of hydrogen-bond donors (Lipinski definition) is 1. The Morgan fingerprint density at radius 2 is 1.63 bits per heavy atom. The molecule has 0 fully saturated rings. The van der Waals surface area contributed by atoms with Crippen LogP contribution >= 0.6 is 23.2 Å². The molecule has 19 heavy (non-hydrogen) atoms. The zero-order valence-electron chi connectivity index (χ0n) is 9.76. The highest BCUT2D eigenvalue weighted by Crippen LogP contribution is 2.35. The molecule has 0 aliphatic carbocycles. The first kappa shape index (κ1) is 16.5. The van der Waals surface area contributed by atoms with Crippen molar-refractivity contribution in [2.75, 3.05) is 18.6 Å². The standard InChI is InChI=1S/C9H11Cl2NO5S2/c1-18(13,14)3-2-17-9-7(10)4-6(5-8(9)11)19(12,15)16/h4-5H,2-3H2,1H3,(H2,12,15,16). The number of halogens is 2. The largest absolute Gasteiger partial charge is 0.489 e. The van der Waals surface area contributed by atoms with Crippen molar-refractivity contribution in [3.8, 4) is 5.75 Å². The van der Waals surface area contributed by atoms with Gasteiger partial charge in [-0.3, -0.25) is 0 Å². The molecule has 0 heterocycles. The van der Waals surface area contributed by atoms with Crippen LogP contribution in [0.2, 0.25) is 10.0 Å². The predicted molar refractivity (Wildman–Crippen MR) is 73.0 cm³/mol. The molecule has 0 saturated carbocycles. The van der Waals surface area contributed by atoms with Crippen LogP contribution in [0.1, 0.15) is 0 Å². The Bertz CT molecular complexity index is 662. The Morgan fingerprint density at radius 3 is 2.00 bits per heavy atom. The van der Waals surface area contributed by atoms with E-state index in [1.54, 1.807) is 0 Å². The van der Waals surface area contributed by atoms with E-state index in [1.807, 2.05) is 0 Å². The molecule has 1 aromatic rings. The van der Waals surface area contributed by atoms with Crippen molar-refractivity contribution in [3.05, 3.63) is 22.2 Å². The summed E-state index contributed by atoms with van der Waals surface area (Å²) >= 11 is 11.6. The van der Waals surface area contributed by atoms with E-state index in [1.165, 1.54) is 0 Å². The van der Waals surface area contributed by atoms with Gasteiger partial charge in [-0.2, -0.15) is 0 Å². The molecule has 0 saturated heterocycles. The summed E-state index contributed by atoms with van der Waals surface area (Å²) in [4.78, 5) is -0.252. The lowest BCUT2D eigenvalue weighted by Crippen LogP contribution is -2.14. The molecule has 1 rings (SSSR count). The van der Waals surface area contributed by atoms with Gasteiger partial charge in [0.1, 0.15) is 6.61 Å². The van der Waals surface area contributed by atoms with E-state index < -0.39 is 19.9 Å². The lowest BCUT2D eigenvalue weighted by atomic mass is 10.3. The van der Waals surface area contributed by atoms with Crippen molar-refractivity contribution in [1.82, 2.24) is 0 Å². The number of benzene rings is 1. The van der Waals surface area contributed by atoms with Crippen LogP contribution < -0.4 is 9.88 Å². The first-order valence-electron chi connectivity index (χ1n) is 4.83. The minimum absolute atomic E-state index is 0.0133. The molecule has 0 radical (unpaired) electrons. The van der Waals surface area contributed by atoms with Crippen molar-refractivity contribution in [2.45, 2.75) is 4.90 Å². The van der Waals surface area contributed by atoms with Gasteiger partial charge in [-0.05, 0) is 12.1 Å². The van der Waals surface area contributed by atoms with Crippen LogP contribution in [0.3, 0.4) is 0 Å². The summed E-state index contributed by atoms with van der Waals surface area (Å²) in [6.07, 6.45) is 1.06. The highest BCUT2D eigenvalue weighted by molar-refractivity contribution is 7.90. The van der Waals surface area contributed by atoms with Gasteiger partial charge < -0.3 is 4.74 Å². The SMILES string of the molecule is CS(=O)(=O)CCOc1c(Cl)cc(S(N)(=O)=O)cc1Cl. The van der Waals surface area contributed by atoms with Crippen LogP contribution in [0.15, 0.2) is 17.0 Å². The molecule has 6 nitrogen and oxygen atoms in total. The van der Waals surface area contributed by atoms with Crippen molar-refractivity contribution in [1.29, 1.82) is 0 Å². The molecule has 1 aromatic carbocycles. The summed E-state index contributed by atoms with van der Waals surface area (Å²) < 4.78 is 49.3. The summed E-state index contributed by atoms with van der Waals surface area (Å²) in [6.45, 7) is -0.146. The van der Waals surface area contributed by atoms with Gasteiger partial charge >= 0.3 is 0 Å². The first-order chi connectivity index (χ1) is 8.50. The van der Waals surface area contributed by atoms with E-state index in [9.17, 15) is 16.8 Å². The van der Waals surface area contributed by atoms with Gasteiger partial charge in [0.05, 0.1) is 20.7 Å². The molecule has 0 amide bonds. The minimum atomic E-state index is -3.93. The topological polar surface area (TPSA) is 104 Å². The van der Waals surface area contributed by atoms with Gasteiger partial charge in [0, 0.05) is 6.26 Å². The van der Waals surface area contributed by atoms with Crippen molar-refractivity contribution >= 4 is 43.1 Å². The molecule has 0 atom stereocenters. The quantitative estimate of drug-likeness (QED) is 0.857. The van der Waals surface area contributed by atoms with Crippen LogP contribution in [0.5, 0.6) is 5.75 Å². The maximum atomic E-state index is 11.1. The van der Waals surface area contributed by atoms with Crippen molar-refractivity contribution in [2.24, 2.45) is 5.14 Å². The van der Waals surface area contributed by atoms with E-state index in [0.29, 0.717) is 0 Å². The number of hydrogen-bond acceptors (Lipinski definition) is 5. The zero-order valence-corrected chi connectivity index (χ0v) is 12.9. The number of sulfone groups is 1. The summed E-state index contributed by atoms with van der Waals surface area (Å²) in [5, 5.41) is 4.81. The second-order valence-corrected chi connectivity index (χ2v) is 8.37. The van der Waals surface area contributed by atoms with E-state index in [0.717, 1.165) is 18.4 Å². The van der Waals surface area contributed by atoms with Gasteiger partial charge in [0.25, 0.3) is 0 Å². The molecule has 0 bridgehead atoms. The second kappa shape index (κ2) is 5.84. The van der Waals surface area contributed by atoms with Crippen molar-refractivity contribution < 1.29 is 21.6 Å². The third kappa shape index (κ3) is 5.15. The summed E-state index contributed by atoms with van der Waals surface area (Å²) in [7, 11) is -7.11. The lowest BCUT2D eigenvalue weighted by Gasteiger charge is -2.10. The maximum Gasteiger partial charge on any atom is 0.238 e. The van der Waals surface area contributed by atoms with E-state index in [2.05, 4.69) is 0 Å². The smallest absolute Gasteiger partial charge is 0.238 e. The zero-order chi connectivity index (χ0) is 14.8. The van der Waals surface area contributed by atoms with Gasteiger partial charge in [0.15, 0.2) is 15.6 Å². The summed E-state index contributed by atoms with van der Waals surface area (Å²) in [5.74, 6) is -0.198. The fraction of sp³-hybridized carbons (Fsp3) is 0.333. The molecular weight excluding hydrogens is 337 g/mol. The van der Waals surface area contributed by atoms with E-state index in [-0.39, 0.29) is 33.0 Å². The highest BCUT2D eigenvalue weighted by atomic mass is 35.5. The lowest BCUT2D eigenvalue weighted by molar-refractivity contribution is 0.341.